The molecule has 0 saturated carbocycles. The number of nitrogens with zero attached hydrogens (tertiary/aromatic N) is 2. The first kappa shape index (κ1) is 11.4. The average Bonchev–Trinajstić information content (AvgIpc) is 2.91. The summed E-state index contributed by atoms with van der Waals surface area (Å²) in [7, 11) is 0. The summed E-state index contributed by atoms with van der Waals surface area (Å²) in [6.07, 6.45) is 0. The molecule has 0 aliphatic carbocycles. The Hall–Kier alpha value is -2.39. The fraction of sp³-hybridized carbons (Fsp3) is 0. The van der Waals surface area contributed by atoms with Crippen LogP contribution in [0.2, 0.25) is 5.02 Å². The number of aromatic nitrogens is 3. The number of aromatic amines is 1. The minimum absolute atomic E-state index is 0.714. The fourth-order valence-electron chi connectivity index (χ4n) is 2.32. The molecule has 2 heterocycles. The second-order valence-corrected chi connectivity index (χ2v) is 5.01. The molecule has 0 aliphatic rings. The lowest BCUT2D eigenvalue weighted by Gasteiger charge is -2.01. The molecule has 2 aromatic heterocycles. The first-order chi connectivity index (χ1) is 9.81. The summed E-state index contributed by atoms with van der Waals surface area (Å²) in [6.45, 7) is 0. The molecular weight excluding hydrogens is 270 g/mol. The topological polar surface area (TPSA) is 41.6 Å². The van der Waals surface area contributed by atoms with Crippen LogP contribution in [0.15, 0.2) is 54.6 Å². The van der Waals surface area contributed by atoms with Gasteiger partial charge in [0, 0.05) is 10.4 Å². The second-order valence-electron chi connectivity index (χ2n) is 4.61. The number of fused-ring (bicyclic) bond motifs is 2. The molecule has 0 fully saturated rings. The number of benzene rings is 2. The lowest BCUT2D eigenvalue weighted by atomic mass is 10.2. The van der Waals surface area contributed by atoms with E-state index < -0.39 is 0 Å². The van der Waals surface area contributed by atoms with E-state index in [1.807, 2.05) is 54.6 Å². The molecule has 20 heavy (non-hydrogen) atoms. The highest BCUT2D eigenvalue weighted by Crippen LogP contribution is 2.25. The maximum Gasteiger partial charge on any atom is 0.157 e. The predicted octanol–water partition coefficient (Wildman–Crippen LogP) is 4.43. The zero-order chi connectivity index (χ0) is 13.5. The lowest BCUT2D eigenvalue weighted by molar-refractivity contribution is 1.27. The zero-order valence-corrected chi connectivity index (χ0v) is 11.2. The first-order valence-corrected chi connectivity index (χ1v) is 6.69. The molecule has 96 valence electrons. The normalized spacial score (nSPS) is 11.2. The van der Waals surface area contributed by atoms with Crippen molar-refractivity contribution in [3.05, 3.63) is 59.6 Å². The third-order valence-electron chi connectivity index (χ3n) is 3.31. The number of halogens is 1. The van der Waals surface area contributed by atoms with Crippen LogP contribution in [0, 0.1) is 0 Å². The van der Waals surface area contributed by atoms with E-state index >= 15 is 0 Å². The maximum atomic E-state index is 6.16. The van der Waals surface area contributed by atoms with E-state index in [1.165, 1.54) is 0 Å². The Bertz CT molecular complexity index is 894. The lowest BCUT2D eigenvalue weighted by Crippen LogP contribution is -1.87. The summed E-state index contributed by atoms with van der Waals surface area (Å²) in [5.74, 6) is 0.771. The maximum absolute atomic E-state index is 6.16. The molecule has 4 rings (SSSR count). The number of H-pyrrole nitrogens is 1. The quantitative estimate of drug-likeness (QED) is 0.560. The first-order valence-electron chi connectivity index (χ1n) is 6.32. The highest BCUT2D eigenvalue weighted by atomic mass is 35.5. The number of nitrogens with one attached hydrogen (secondary N) is 1. The third-order valence-corrected chi connectivity index (χ3v) is 3.64. The van der Waals surface area contributed by atoms with E-state index in [0.29, 0.717) is 5.02 Å². The average molecular weight is 280 g/mol. The van der Waals surface area contributed by atoms with Crippen LogP contribution in [0.25, 0.3) is 33.5 Å². The third kappa shape index (κ3) is 1.75. The Labute approximate surface area is 120 Å². The van der Waals surface area contributed by atoms with Gasteiger partial charge in [0.05, 0.1) is 16.6 Å². The van der Waals surface area contributed by atoms with Gasteiger partial charge in [-0.05, 0) is 36.4 Å². The summed E-state index contributed by atoms with van der Waals surface area (Å²) in [5, 5.41) is 1.67. The summed E-state index contributed by atoms with van der Waals surface area (Å²) in [6, 6.07) is 17.6. The van der Waals surface area contributed by atoms with Gasteiger partial charge in [0.15, 0.2) is 5.82 Å². The Morgan fingerprint density at radius 2 is 1.65 bits per heavy atom. The molecule has 0 spiro atoms. The summed E-state index contributed by atoms with van der Waals surface area (Å²) in [4.78, 5) is 12.5. The molecular formula is C16H10ClN3. The number of para-hydroxylation sites is 2. The van der Waals surface area contributed by atoms with Gasteiger partial charge in [-0.1, -0.05) is 29.8 Å². The molecule has 1 N–H and O–H groups in total. The van der Waals surface area contributed by atoms with E-state index in [0.717, 1.165) is 33.5 Å². The van der Waals surface area contributed by atoms with Crippen LogP contribution >= 0.6 is 11.6 Å². The molecule has 0 aliphatic heterocycles. The SMILES string of the molecule is Clc1cccc2nc(-c3nc4ccccc4[nH]3)ccc12. The van der Waals surface area contributed by atoms with Crippen LogP contribution in [-0.4, -0.2) is 15.0 Å². The minimum atomic E-state index is 0.714. The van der Waals surface area contributed by atoms with Gasteiger partial charge >= 0.3 is 0 Å². The van der Waals surface area contributed by atoms with Crippen molar-refractivity contribution in [2.24, 2.45) is 0 Å². The smallest absolute Gasteiger partial charge is 0.157 e. The standard InChI is InChI=1S/C16H10ClN3/c17-11-4-3-7-12-10(11)8-9-15(18-12)16-19-13-5-1-2-6-14(13)20-16/h1-9H,(H,19,20). The number of hydrogen-bond acceptors (Lipinski definition) is 2. The van der Waals surface area contributed by atoms with Crippen molar-refractivity contribution < 1.29 is 0 Å². The Morgan fingerprint density at radius 1 is 0.800 bits per heavy atom. The molecule has 4 aromatic rings. The fourth-order valence-corrected chi connectivity index (χ4v) is 2.56. The number of rotatable bonds is 1. The molecule has 0 radical (unpaired) electrons. The highest BCUT2D eigenvalue weighted by Gasteiger charge is 2.08. The van der Waals surface area contributed by atoms with Gasteiger partial charge in [-0.15, -0.1) is 0 Å². The molecule has 0 amide bonds. The van der Waals surface area contributed by atoms with Crippen molar-refractivity contribution in [2.75, 3.05) is 0 Å². The van der Waals surface area contributed by atoms with E-state index in [2.05, 4.69) is 15.0 Å². The van der Waals surface area contributed by atoms with Gasteiger partial charge in [-0.3, -0.25) is 0 Å². The number of imidazole rings is 1. The van der Waals surface area contributed by atoms with Crippen LogP contribution in [0.5, 0.6) is 0 Å². The van der Waals surface area contributed by atoms with Crippen LogP contribution in [0.4, 0.5) is 0 Å². The monoisotopic (exact) mass is 279 g/mol. The van der Waals surface area contributed by atoms with Crippen LogP contribution in [-0.2, 0) is 0 Å². The number of pyridine rings is 1. The van der Waals surface area contributed by atoms with Crippen LogP contribution in [0.1, 0.15) is 0 Å². The van der Waals surface area contributed by atoms with Gasteiger partial charge < -0.3 is 4.98 Å². The van der Waals surface area contributed by atoms with Gasteiger partial charge in [0.1, 0.15) is 5.69 Å². The molecule has 2 aromatic carbocycles. The van der Waals surface area contributed by atoms with E-state index in [-0.39, 0.29) is 0 Å². The Balaban J connectivity index is 1.93. The molecule has 0 bridgehead atoms. The largest absolute Gasteiger partial charge is 0.337 e. The van der Waals surface area contributed by atoms with Crippen molar-refractivity contribution in [2.45, 2.75) is 0 Å². The van der Waals surface area contributed by atoms with Gasteiger partial charge in [-0.2, -0.15) is 0 Å². The second kappa shape index (κ2) is 4.32. The molecule has 3 nitrogen and oxygen atoms in total. The summed E-state index contributed by atoms with van der Waals surface area (Å²) < 4.78 is 0. The van der Waals surface area contributed by atoms with Gasteiger partial charge in [0.25, 0.3) is 0 Å². The Kier molecular flexibility index (Phi) is 2.47. The van der Waals surface area contributed by atoms with Gasteiger partial charge in [0.2, 0.25) is 0 Å². The predicted molar refractivity (Wildman–Crippen MR) is 81.8 cm³/mol. The summed E-state index contributed by atoms with van der Waals surface area (Å²) >= 11 is 6.16. The molecule has 0 atom stereocenters. The molecule has 0 saturated heterocycles. The van der Waals surface area contributed by atoms with Crippen molar-refractivity contribution in [1.29, 1.82) is 0 Å². The number of hydrogen-bond donors (Lipinski definition) is 1. The minimum Gasteiger partial charge on any atom is -0.337 e. The van der Waals surface area contributed by atoms with E-state index in [1.54, 1.807) is 0 Å². The molecule has 4 heteroatoms. The Morgan fingerprint density at radius 3 is 2.55 bits per heavy atom. The highest BCUT2D eigenvalue weighted by molar-refractivity contribution is 6.35. The van der Waals surface area contributed by atoms with Crippen molar-refractivity contribution in [3.8, 4) is 11.5 Å². The summed E-state index contributed by atoms with van der Waals surface area (Å²) in [5.41, 5.74) is 3.64. The van der Waals surface area contributed by atoms with E-state index in [9.17, 15) is 0 Å². The van der Waals surface area contributed by atoms with E-state index in [4.69, 9.17) is 11.6 Å². The van der Waals surface area contributed by atoms with Crippen LogP contribution in [0.3, 0.4) is 0 Å². The zero-order valence-electron chi connectivity index (χ0n) is 10.5. The van der Waals surface area contributed by atoms with Crippen molar-refractivity contribution in [1.82, 2.24) is 15.0 Å². The van der Waals surface area contributed by atoms with Crippen LogP contribution < -0.4 is 0 Å². The van der Waals surface area contributed by atoms with Gasteiger partial charge in [-0.25, -0.2) is 9.97 Å². The van der Waals surface area contributed by atoms with Crippen molar-refractivity contribution in [3.63, 3.8) is 0 Å². The molecule has 0 unspecified atom stereocenters. The van der Waals surface area contributed by atoms with Crippen molar-refractivity contribution >= 4 is 33.5 Å².